The van der Waals surface area contributed by atoms with E-state index < -0.39 is 0 Å². The lowest BCUT2D eigenvalue weighted by molar-refractivity contribution is 0.545. The minimum absolute atomic E-state index is 0.207. The molecule has 0 amide bonds. The molecule has 0 saturated heterocycles. The van der Waals surface area contributed by atoms with E-state index in [2.05, 4.69) is 63.9 Å². The number of aryl methyl sites for hydroxylation is 1. The Morgan fingerprint density at radius 3 is 2.83 bits per heavy atom. The van der Waals surface area contributed by atoms with E-state index in [1.807, 2.05) is 0 Å². The summed E-state index contributed by atoms with van der Waals surface area (Å²) in [7, 11) is 0. The van der Waals surface area contributed by atoms with Crippen molar-refractivity contribution in [2.24, 2.45) is 5.73 Å². The molecule has 2 nitrogen and oxygen atoms in total. The van der Waals surface area contributed by atoms with Crippen LogP contribution in [0.15, 0.2) is 40.2 Å². The van der Waals surface area contributed by atoms with Crippen LogP contribution in [0.4, 0.5) is 0 Å². The Hall–Kier alpha value is -0.680. The predicted molar refractivity (Wildman–Crippen MR) is 81.8 cm³/mol. The molecule has 4 heteroatoms. The van der Waals surface area contributed by atoms with Crippen LogP contribution in [-0.4, -0.2) is 6.54 Å². The number of hydrogen-bond acceptors (Lipinski definition) is 3. The van der Waals surface area contributed by atoms with Gasteiger partial charge in [-0.15, -0.1) is 11.3 Å². The number of benzene rings is 1. The van der Waals surface area contributed by atoms with Crippen molar-refractivity contribution in [1.29, 1.82) is 0 Å². The Morgan fingerprint density at radius 2 is 2.22 bits per heavy atom. The van der Waals surface area contributed by atoms with Gasteiger partial charge < -0.3 is 11.1 Å². The van der Waals surface area contributed by atoms with Crippen molar-refractivity contribution in [3.05, 3.63) is 56.2 Å². The van der Waals surface area contributed by atoms with Crippen LogP contribution < -0.4 is 11.1 Å². The van der Waals surface area contributed by atoms with Gasteiger partial charge in [-0.05, 0) is 35.6 Å². The van der Waals surface area contributed by atoms with Gasteiger partial charge in [0.1, 0.15) is 0 Å². The molecule has 3 N–H and O–H groups in total. The van der Waals surface area contributed by atoms with Gasteiger partial charge in [-0.25, -0.2) is 0 Å². The quantitative estimate of drug-likeness (QED) is 0.881. The monoisotopic (exact) mass is 324 g/mol. The number of rotatable bonds is 5. The molecule has 1 heterocycles. The average Bonchev–Trinajstić information content (AvgIpc) is 2.87. The third-order valence-corrected chi connectivity index (χ3v) is 4.69. The summed E-state index contributed by atoms with van der Waals surface area (Å²) in [6, 6.07) is 10.8. The zero-order valence-electron chi connectivity index (χ0n) is 10.3. The third-order valence-electron chi connectivity index (χ3n) is 2.92. The summed E-state index contributed by atoms with van der Waals surface area (Å²) in [5.41, 5.74) is 8.35. The molecule has 0 aliphatic rings. The van der Waals surface area contributed by atoms with E-state index in [1.54, 1.807) is 11.3 Å². The predicted octanol–water partition coefficient (Wildman–Crippen LogP) is 3.61. The normalized spacial score (nSPS) is 12.6. The number of nitrogens with two attached hydrogens (primary N) is 1. The maximum absolute atomic E-state index is 5.86. The van der Waals surface area contributed by atoms with Crippen molar-refractivity contribution in [3.8, 4) is 0 Å². The van der Waals surface area contributed by atoms with Crippen molar-refractivity contribution in [2.75, 3.05) is 6.54 Å². The summed E-state index contributed by atoms with van der Waals surface area (Å²) in [6.07, 6.45) is 0. The van der Waals surface area contributed by atoms with Crippen molar-refractivity contribution >= 4 is 27.3 Å². The van der Waals surface area contributed by atoms with Gasteiger partial charge >= 0.3 is 0 Å². The van der Waals surface area contributed by atoms with Crippen molar-refractivity contribution in [2.45, 2.75) is 19.5 Å². The second kappa shape index (κ2) is 6.48. The molecule has 2 aromatic rings. The van der Waals surface area contributed by atoms with Crippen LogP contribution >= 0.6 is 27.3 Å². The molecule has 1 atom stereocenters. The highest BCUT2D eigenvalue weighted by atomic mass is 79.9. The molecule has 0 bridgehead atoms. The van der Waals surface area contributed by atoms with E-state index in [1.165, 1.54) is 16.0 Å². The van der Waals surface area contributed by atoms with E-state index in [0.29, 0.717) is 6.54 Å². The lowest BCUT2D eigenvalue weighted by Gasteiger charge is -2.17. The smallest absolute Gasteiger partial charge is 0.0447 e. The zero-order valence-corrected chi connectivity index (χ0v) is 12.7. The summed E-state index contributed by atoms with van der Waals surface area (Å²) >= 11 is 5.29. The van der Waals surface area contributed by atoms with Gasteiger partial charge in [0.2, 0.25) is 0 Å². The van der Waals surface area contributed by atoms with Crippen molar-refractivity contribution < 1.29 is 0 Å². The van der Waals surface area contributed by atoms with Crippen LogP contribution in [-0.2, 0) is 6.54 Å². The number of halogens is 1. The Balaban J connectivity index is 2.05. The average molecular weight is 325 g/mol. The van der Waals surface area contributed by atoms with Crippen LogP contribution in [0, 0.1) is 6.92 Å². The van der Waals surface area contributed by atoms with Crippen LogP contribution in [0.2, 0.25) is 0 Å². The second-order valence-corrected chi connectivity index (χ2v) is 6.14. The van der Waals surface area contributed by atoms with Gasteiger partial charge in [-0.3, -0.25) is 0 Å². The summed E-state index contributed by atoms with van der Waals surface area (Å²) < 4.78 is 1.14. The SMILES string of the molecule is Cc1cc(C(CN)NCc2cccs2)ccc1Br. The molecule has 1 unspecified atom stereocenters. The minimum atomic E-state index is 0.207. The van der Waals surface area contributed by atoms with E-state index in [0.717, 1.165) is 11.0 Å². The van der Waals surface area contributed by atoms with E-state index in [9.17, 15) is 0 Å². The molecule has 0 radical (unpaired) electrons. The molecule has 96 valence electrons. The van der Waals surface area contributed by atoms with Crippen LogP contribution in [0.3, 0.4) is 0 Å². The molecule has 2 rings (SSSR count). The fourth-order valence-electron chi connectivity index (χ4n) is 1.86. The van der Waals surface area contributed by atoms with E-state index in [-0.39, 0.29) is 6.04 Å². The first-order chi connectivity index (χ1) is 8.70. The van der Waals surface area contributed by atoms with Crippen LogP contribution in [0.5, 0.6) is 0 Å². The van der Waals surface area contributed by atoms with Gasteiger partial charge in [-0.2, -0.15) is 0 Å². The highest BCUT2D eigenvalue weighted by molar-refractivity contribution is 9.10. The lowest BCUT2D eigenvalue weighted by Crippen LogP contribution is -2.27. The van der Waals surface area contributed by atoms with Crippen molar-refractivity contribution in [3.63, 3.8) is 0 Å². The van der Waals surface area contributed by atoms with Gasteiger partial charge in [0, 0.05) is 28.5 Å². The summed E-state index contributed by atoms with van der Waals surface area (Å²) in [6.45, 7) is 3.57. The summed E-state index contributed by atoms with van der Waals surface area (Å²) in [5, 5.41) is 5.60. The Labute approximate surface area is 120 Å². The highest BCUT2D eigenvalue weighted by Crippen LogP contribution is 2.21. The Morgan fingerprint density at radius 1 is 1.39 bits per heavy atom. The highest BCUT2D eigenvalue weighted by Gasteiger charge is 2.10. The zero-order chi connectivity index (χ0) is 13.0. The number of thiophene rings is 1. The first kappa shape index (κ1) is 13.7. The minimum Gasteiger partial charge on any atom is -0.329 e. The fraction of sp³-hybridized carbons (Fsp3) is 0.286. The standard InChI is InChI=1S/C14H17BrN2S/c1-10-7-11(4-5-13(10)15)14(8-16)17-9-12-3-2-6-18-12/h2-7,14,17H,8-9,16H2,1H3. The molecular formula is C14H17BrN2S. The van der Waals surface area contributed by atoms with E-state index in [4.69, 9.17) is 5.73 Å². The molecule has 1 aromatic heterocycles. The molecule has 0 spiro atoms. The van der Waals surface area contributed by atoms with Crippen molar-refractivity contribution in [1.82, 2.24) is 5.32 Å². The number of hydrogen-bond donors (Lipinski definition) is 2. The lowest BCUT2D eigenvalue weighted by atomic mass is 10.0. The van der Waals surface area contributed by atoms with Crippen LogP contribution in [0.25, 0.3) is 0 Å². The molecule has 0 fully saturated rings. The largest absolute Gasteiger partial charge is 0.329 e. The Bertz CT molecular complexity index is 497. The van der Waals surface area contributed by atoms with E-state index >= 15 is 0 Å². The number of nitrogens with one attached hydrogen (secondary N) is 1. The summed E-state index contributed by atoms with van der Waals surface area (Å²) in [5.74, 6) is 0. The molecule has 18 heavy (non-hydrogen) atoms. The second-order valence-electron chi connectivity index (χ2n) is 4.26. The van der Waals surface area contributed by atoms with Gasteiger partial charge in [0.15, 0.2) is 0 Å². The third kappa shape index (κ3) is 3.42. The van der Waals surface area contributed by atoms with Gasteiger partial charge in [0.25, 0.3) is 0 Å². The fourth-order valence-corrected chi connectivity index (χ4v) is 2.76. The Kier molecular flexibility index (Phi) is 4.95. The molecule has 1 aromatic carbocycles. The molecule has 0 aliphatic carbocycles. The maximum atomic E-state index is 5.86. The topological polar surface area (TPSA) is 38.0 Å². The molecular weight excluding hydrogens is 308 g/mol. The first-order valence-electron chi connectivity index (χ1n) is 5.92. The first-order valence-corrected chi connectivity index (χ1v) is 7.60. The molecule has 0 aliphatic heterocycles. The van der Waals surface area contributed by atoms with Gasteiger partial charge in [0.05, 0.1) is 0 Å². The van der Waals surface area contributed by atoms with Gasteiger partial charge in [-0.1, -0.05) is 34.1 Å². The molecule has 0 saturated carbocycles. The maximum Gasteiger partial charge on any atom is 0.0447 e. The summed E-state index contributed by atoms with van der Waals surface area (Å²) in [4.78, 5) is 1.34. The van der Waals surface area contributed by atoms with Crippen LogP contribution in [0.1, 0.15) is 22.0 Å².